The molecule has 1 fully saturated rings. The average molecular weight is 339 g/mol. The van der Waals surface area contributed by atoms with Gasteiger partial charge in [-0.25, -0.2) is 4.79 Å². The molecule has 0 amide bonds. The predicted molar refractivity (Wildman–Crippen MR) is 83.8 cm³/mol. The van der Waals surface area contributed by atoms with E-state index < -0.39 is 42.4 Å². The summed E-state index contributed by atoms with van der Waals surface area (Å²) in [6.45, 7) is -0.435. The molecule has 2 rings (SSSR count). The second-order valence-electron chi connectivity index (χ2n) is 4.88. The lowest BCUT2D eigenvalue weighted by Crippen LogP contribution is -2.58. The maximum atomic E-state index is 12.2. The van der Waals surface area contributed by atoms with E-state index in [0.717, 1.165) is 0 Å². The molecule has 0 saturated carbocycles. The second kappa shape index (κ2) is 8.19. The molecule has 1 aliphatic heterocycles. The van der Waals surface area contributed by atoms with E-state index in [2.05, 4.69) is 10.0 Å². The van der Waals surface area contributed by atoms with Crippen LogP contribution in [0.2, 0.25) is 0 Å². The Balaban J connectivity index is 2.24. The van der Waals surface area contributed by atoms with Gasteiger partial charge in [-0.3, -0.25) is 0 Å². The highest BCUT2D eigenvalue weighted by Crippen LogP contribution is 2.31. The van der Waals surface area contributed by atoms with E-state index in [1.807, 2.05) is 0 Å². The number of nitrogens with zero attached hydrogens (tertiary/aromatic N) is 3. The zero-order valence-electron chi connectivity index (χ0n) is 12.3. The van der Waals surface area contributed by atoms with E-state index in [4.69, 9.17) is 15.0 Å². The summed E-state index contributed by atoms with van der Waals surface area (Å²) in [5.74, 6) is -0.606. The number of benzene rings is 1. The number of azide groups is 1. The summed E-state index contributed by atoms with van der Waals surface area (Å²) >= 11 is 1.24. The van der Waals surface area contributed by atoms with Gasteiger partial charge in [-0.05, 0) is 23.9 Å². The van der Waals surface area contributed by atoms with E-state index in [0.29, 0.717) is 5.56 Å². The Kier molecular flexibility index (Phi) is 6.26. The van der Waals surface area contributed by atoms with Gasteiger partial charge in [0.15, 0.2) is 0 Å². The smallest absolute Gasteiger partial charge is 0.338 e. The molecule has 8 nitrogen and oxygen atoms in total. The fourth-order valence-corrected chi connectivity index (χ4v) is 3.07. The third-order valence-corrected chi connectivity index (χ3v) is 4.34. The fraction of sp³-hybridized carbons (Fsp3) is 0.500. The minimum absolute atomic E-state index is 0.339. The largest absolute Gasteiger partial charge is 0.455 e. The van der Waals surface area contributed by atoms with Crippen molar-refractivity contribution in [3.63, 3.8) is 0 Å². The highest BCUT2D eigenvalue weighted by atomic mass is 32.2. The Morgan fingerprint density at radius 1 is 1.48 bits per heavy atom. The second-order valence-corrected chi connectivity index (χ2v) is 5.82. The molecule has 0 aromatic heterocycles. The average Bonchev–Trinajstić information content (AvgIpc) is 2.59. The molecule has 1 aromatic carbocycles. The first-order chi connectivity index (χ1) is 11.1. The third-order valence-electron chi connectivity index (χ3n) is 3.49. The minimum atomic E-state index is -1.27. The molecular formula is C14H17N3O5S. The van der Waals surface area contributed by atoms with Gasteiger partial charge in [0.2, 0.25) is 0 Å². The molecule has 0 radical (unpaired) electrons. The number of thioether (sulfide) groups is 1. The van der Waals surface area contributed by atoms with Gasteiger partial charge < -0.3 is 19.7 Å². The molecular weight excluding hydrogens is 322 g/mol. The summed E-state index contributed by atoms with van der Waals surface area (Å²) in [6, 6.07) is 7.30. The number of aliphatic hydroxyl groups is 2. The van der Waals surface area contributed by atoms with Crippen LogP contribution in [0.4, 0.5) is 0 Å². The Labute approximate surface area is 137 Å². The summed E-state index contributed by atoms with van der Waals surface area (Å²) in [5, 5.41) is 23.0. The highest BCUT2D eigenvalue weighted by molar-refractivity contribution is 7.99. The van der Waals surface area contributed by atoms with Crippen molar-refractivity contribution in [3.8, 4) is 0 Å². The summed E-state index contributed by atoms with van der Waals surface area (Å²) in [7, 11) is 0. The van der Waals surface area contributed by atoms with Crippen molar-refractivity contribution in [2.24, 2.45) is 5.11 Å². The summed E-state index contributed by atoms with van der Waals surface area (Å²) in [4.78, 5) is 14.9. The predicted octanol–water partition coefficient (Wildman–Crippen LogP) is 1.33. The molecule has 2 unspecified atom stereocenters. The van der Waals surface area contributed by atoms with Gasteiger partial charge >= 0.3 is 5.97 Å². The van der Waals surface area contributed by atoms with E-state index in [9.17, 15) is 15.0 Å². The van der Waals surface area contributed by atoms with E-state index in [1.54, 1.807) is 36.6 Å². The molecule has 1 saturated heterocycles. The lowest BCUT2D eigenvalue weighted by molar-refractivity contribution is -0.161. The van der Waals surface area contributed by atoms with Crippen LogP contribution in [-0.2, 0) is 9.47 Å². The van der Waals surface area contributed by atoms with Crippen LogP contribution in [-0.4, -0.2) is 58.8 Å². The van der Waals surface area contributed by atoms with E-state index in [-0.39, 0.29) is 0 Å². The molecule has 1 aliphatic rings. The maximum Gasteiger partial charge on any atom is 0.338 e. The van der Waals surface area contributed by atoms with Crippen LogP contribution >= 0.6 is 11.8 Å². The third kappa shape index (κ3) is 3.95. The topological polar surface area (TPSA) is 125 Å². The number of carbonyl (C=O) groups excluding carboxylic acids is 1. The number of hydrogen-bond donors (Lipinski definition) is 2. The molecule has 23 heavy (non-hydrogen) atoms. The SMILES string of the molecule is CS[C@@H]1OC(CO)[C@H](O)[C@H](N=[N+]=[N-])C1OC(=O)c1ccccc1. The van der Waals surface area contributed by atoms with Crippen molar-refractivity contribution >= 4 is 17.7 Å². The molecule has 0 spiro atoms. The number of ether oxygens (including phenoxy) is 2. The molecule has 124 valence electrons. The summed E-state index contributed by atoms with van der Waals surface area (Å²) < 4.78 is 10.9. The Bertz CT molecular complexity index is 581. The standard InChI is InChI=1S/C14H17N3O5S/c1-23-14-12(22-13(20)8-5-3-2-4-6-8)10(16-17-15)11(19)9(7-18)21-14/h2-6,9-12,14,18-19H,7H2,1H3/t9?,10-,11-,12?,14-/m0/s1. The minimum Gasteiger partial charge on any atom is -0.455 e. The summed E-state index contributed by atoms with van der Waals surface area (Å²) in [6.07, 6.45) is -1.42. The van der Waals surface area contributed by atoms with Gasteiger partial charge in [0.25, 0.3) is 0 Å². The van der Waals surface area contributed by atoms with Crippen LogP contribution in [0.5, 0.6) is 0 Å². The fourth-order valence-electron chi connectivity index (χ4n) is 2.33. The number of rotatable bonds is 5. The monoisotopic (exact) mass is 339 g/mol. The number of esters is 1. The molecule has 0 aliphatic carbocycles. The first-order valence-electron chi connectivity index (χ1n) is 6.89. The Morgan fingerprint density at radius 2 is 2.17 bits per heavy atom. The van der Waals surface area contributed by atoms with Crippen molar-refractivity contribution in [2.75, 3.05) is 12.9 Å². The van der Waals surface area contributed by atoms with Crippen LogP contribution in [0.25, 0.3) is 10.4 Å². The molecule has 9 heteroatoms. The van der Waals surface area contributed by atoms with Crippen molar-refractivity contribution in [2.45, 2.75) is 29.8 Å². The highest BCUT2D eigenvalue weighted by Gasteiger charge is 2.46. The van der Waals surface area contributed by atoms with Crippen molar-refractivity contribution in [1.29, 1.82) is 0 Å². The van der Waals surface area contributed by atoms with Crippen LogP contribution in [0.3, 0.4) is 0 Å². The molecule has 1 heterocycles. The Hall–Kier alpha value is -1.77. The van der Waals surface area contributed by atoms with Crippen molar-refractivity contribution in [3.05, 3.63) is 46.3 Å². The maximum absolute atomic E-state index is 12.2. The van der Waals surface area contributed by atoms with Crippen molar-refractivity contribution < 1.29 is 24.5 Å². The number of carbonyl (C=O) groups is 1. The molecule has 0 bridgehead atoms. The molecule has 1 aromatic rings. The van der Waals surface area contributed by atoms with Crippen LogP contribution in [0.15, 0.2) is 35.4 Å². The molecule has 2 N–H and O–H groups in total. The van der Waals surface area contributed by atoms with Gasteiger partial charge in [0.1, 0.15) is 23.7 Å². The van der Waals surface area contributed by atoms with Gasteiger partial charge in [-0.2, -0.15) is 0 Å². The van der Waals surface area contributed by atoms with Crippen LogP contribution in [0.1, 0.15) is 10.4 Å². The lowest BCUT2D eigenvalue weighted by Gasteiger charge is -2.41. The summed E-state index contributed by atoms with van der Waals surface area (Å²) in [5.41, 5.74) is 8.39. The Morgan fingerprint density at radius 3 is 2.74 bits per heavy atom. The van der Waals surface area contributed by atoms with Crippen molar-refractivity contribution in [1.82, 2.24) is 0 Å². The number of hydrogen-bond acceptors (Lipinski definition) is 7. The zero-order chi connectivity index (χ0) is 16.8. The lowest BCUT2D eigenvalue weighted by atomic mass is 9.98. The number of aliphatic hydroxyl groups excluding tert-OH is 2. The van der Waals surface area contributed by atoms with Crippen LogP contribution < -0.4 is 0 Å². The molecule has 5 atom stereocenters. The normalized spacial score (nSPS) is 30.3. The van der Waals surface area contributed by atoms with E-state index >= 15 is 0 Å². The zero-order valence-corrected chi connectivity index (χ0v) is 13.2. The van der Waals surface area contributed by atoms with E-state index in [1.165, 1.54) is 11.8 Å². The first-order valence-corrected chi connectivity index (χ1v) is 8.18. The first kappa shape index (κ1) is 17.6. The van der Waals surface area contributed by atoms with Gasteiger partial charge in [0.05, 0.1) is 18.3 Å². The van der Waals surface area contributed by atoms with Gasteiger partial charge in [-0.1, -0.05) is 23.3 Å². The van der Waals surface area contributed by atoms with Gasteiger partial charge in [0, 0.05) is 4.91 Å². The quantitative estimate of drug-likeness (QED) is 0.361. The van der Waals surface area contributed by atoms with Crippen LogP contribution in [0, 0.1) is 0 Å². The van der Waals surface area contributed by atoms with Gasteiger partial charge in [-0.15, -0.1) is 11.8 Å².